The Hall–Kier alpha value is -1.37. The minimum atomic E-state index is 0.266. The molecule has 0 unspecified atom stereocenters. The van der Waals surface area contributed by atoms with Crippen molar-refractivity contribution in [2.45, 2.75) is 71.6 Å². The Morgan fingerprint density at radius 2 is 1.62 bits per heavy atom. The Balaban J connectivity index is 2.16. The Labute approximate surface area is 130 Å². The van der Waals surface area contributed by atoms with Gasteiger partial charge >= 0.3 is 0 Å². The standard InChI is InChI=1S/C20H30O/c1-3-4-5-6-7-9-12-18(2)17-20(21)16-15-19-13-10-8-11-14-19/h8,10-11,13-14,17H,3-7,9,12,15-16H2,1-2H3. The van der Waals surface area contributed by atoms with E-state index in [4.69, 9.17) is 0 Å². The number of benzene rings is 1. The number of allylic oxidation sites excluding steroid dienone is 2. The van der Waals surface area contributed by atoms with Crippen molar-refractivity contribution in [2.24, 2.45) is 0 Å². The lowest BCUT2D eigenvalue weighted by molar-refractivity contribution is -0.114. The first kappa shape index (κ1) is 17.7. The third-order valence-corrected chi connectivity index (χ3v) is 3.83. The molecular weight excluding hydrogens is 256 g/mol. The monoisotopic (exact) mass is 286 g/mol. The van der Waals surface area contributed by atoms with E-state index in [1.807, 2.05) is 24.3 Å². The van der Waals surface area contributed by atoms with Gasteiger partial charge in [0, 0.05) is 6.42 Å². The van der Waals surface area contributed by atoms with Crippen LogP contribution in [0.15, 0.2) is 42.0 Å². The fraction of sp³-hybridized carbons (Fsp3) is 0.550. The zero-order valence-corrected chi connectivity index (χ0v) is 13.7. The molecule has 1 aromatic carbocycles. The van der Waals surface area contributed by atoms with E-state index in [1.165, 1.54) is 49.7 Å². The van der Waals surface area contributed by atoms with Crippen LogP contribution < -0.4 is 0 Å². The van der Waals surface area contributed by atoms with Crippen LogP contribution in [0.5, 0.6) is 0 Å². The normalized spacial score (nSPS) is 11.6. The first-order chi connectivity index (χ1) is 10.2. The molecule has 0 aliphatic carbocycles. The van der Waals surface area contributed by atoms with Gasteiger partial charge in [0.05, 0.1) is 0 Å². The number of rotatable bonds is 11. The molecule has 1 rings (SSSR count). The number of hydrogen-bond donors (Lipinski definition) is 0. The summed E-state index contributed by atoms with van der Waals surface area (Å²) in [4.78, 5) is 11.9. The van der Waals surface area contributed by atoms with E-state index < -0.39 is 0 Å². The van der Waals surface area contributed by atoms with Crippen LogP contribution in [-0.2, 0) is 11.2 Å². The van der Waals surface area contributed by atoms with Gasteiger partial charge in [0.1, 0.15) is 0 Å². The van der Waals surface area contributed by atoms with Crippen LogP contribution in [0.1, 0.15) is 70.8 Å². The molecule has 0 atom stereocenters. The number of unbranched alkanes of at least 4 members (excludes halogenated alkanes) is 5. The van der Waals surface area contributed by atoms with Crippen molar-refractivity contribution < 1.29 is 4.79 Å². The molecule has 0 radical (unpaired) electrons. The molecule has 0 aliphatic rings. The van der Waals surface area contributed by atoms with Crippen molar-refractivity contribution in [1.29, 1.82) is 0 Å². The smallest absolute Gasteiger partial charge is 0.155 e. The maximum absolute atomic E-state index is 11.9. The summed E-state index contributed by atoms with van der Waals surface area (Å²) in [7, 11) is 0. The highest BCUT2D eigenvalue weighted by molar-refractivity contribution is 5.90. The molecule has 0 heterocycles. The van der Waals surface area contributed by atoms with Gasteiger partial charge < -0.3 is 0 Å². The van der Waals surface area contributed by atoms with Crippen LogP contribution in [-0.4, -0.2) is 5.78 Å². The second kappa shape index (κ2) is 11.3. The van der Waals surface area contributed by atoms with Gasteiger partial charge in [-0.15, -0.1) is 0 Å². The summed E-state index contributed by atoms with van der Waals surface area (Å²) < 4.78 is 0. The van der Waals surface area contributed by atoms with Gasteiger partial charge in [-0.1, -0.05) is 74.9 Å². The SMILES string of the molecule is CCCCCCCCC(C)=CC(=O)CCc1ccccc1. The third-order valence-electron chi connectivity index (χ3n) is 3.83. The lowest BCUT2D eigenvalue weighted by Gasteiger charge is -2.03. The second-order valence-corrected chi connectivity index (χ2v) is 5.96. The molecule has 21 heavy (non-hydrogen) atoms. The maximum atomic E-state index is 11.9. The molecule has 1 aromatic rings. The van der Waals surface area contributed by atoms with Crippen LogP contribution in [0.25, 0.3) is 0 Å². The highest BCUT2D eigenvalue weighted by Crippen LogP contribution is 2.12. The first-order valence-electron chi connectivity index (χ1n) is 8.46. The van der Waals surface area contributed by atoms with E-state index in [9.17, 15) is 4.79 Å². The quantitative estimate of drug-likeness (QED) is 0.366. The summed E-state index contributed by atoms with van der Waals surface area (Å²) >= 11 is 0. The summed E-state index contributed by atoms with van der Waals surface area (Å²) in [5, 5.41) is 0. The van der Waals surface area contributed by atoms with Gasteiger partial charge in [0.25, 0.3) is 0 Å². The molecule has 0 amide bonds. The van der Waals surface area contributed by atoms with Gasteiger partial charge in [0.2, 0.25) is 0 Å². The van der Waals surface area contributed by atoms with Crippen molar-refractivity contribution in [1.82, 2.24) is 0 Å². The van der Waals surface area contributed by atoms with Crippen molar-refractivity contribution in [2.75, 3.05) is 0 Å². The summed E-state index contributed by atoms with van der Waals surface area (Å²) in [6, 6.07) is 10.2. The zero-order valence-electron chi connectivity index (χ0n) is 13.7. The Morgan fingerprint density at radius 3 is 2.33 bits per heavy atom. The van der Waals surface area contributed by atoms with Gasteiger partial charge in [-0.2, -0.15) is 0 Å². The molecule has 116 valence electrons. The fourth-order valence-corrected chi connectivity index (χ4v) is 2.52. The van der Waals surface area contributed by atoms with Crippen LogP contribution in [0.3, 0.4) is 0 Å². The summed E-state index contributed by atoms with van der Waals surface area (Å²) in [5.41, 5.74) is 2.48. The lowest BCUT2D eigenvalue weighted by atomic mass is 10.0. The van der Waals surface area contributed by atoms with Crippen molar-refractivity contribution >= 4 is 5.78 Å². The number of carbonyl (C=O) groups is 1. The van der Waals surface area contributed by atoms with Crippen LogP contribution >= 0.6 is 0 Å². The summed E-state index contributed by atoms with van der Waals surface area (Å²) in [6.45, 7) is 4.33. The number of carbonyl (C=O) groups excluding carboxylic acids is 1. The number of ketones is 1. The minimum absolute atomic E-state index is 0.266. The summed E-state index contributed by atoms with van der Waals surface area (Å²) in [6.07, 6.45) is 12.3. The van der Waals surface area contributed by atoms with Crippen molar-refractivity contribution in [3.8, 4) is 0 Å². The maximum Gasteiger partial charge on any atom is 0.155 e. The van der Waals surface area contributed by atoms with Crippen LogP contribution in [0.4, 0.5) is 0 Å². The largest absolute Gasteiger partial charge is 0.295 e. The van der Waals surface area contributed by atoms with Gasteiger partial charge in [-0.05, 0) is 37.8 Å². The molecule has 0 bridgehead atoms. The molecule has 1 heteroatoms. The molecule has 0 aromatic heterocycles. The molecule has 0 spiro atoms. The second-order valence-electron chi connectivity index (χ2n) is 5.96. The molecule has 1 nitrogen and oxygen atoms in total. The Morgan fingerprint density at radius 1 is 0.952 bits per heavy atom. The Kier molecular flexibility index (Phi) is 9.52. The molecule has 0 aliphatic heterocycles. The molecule has 0 saturated carbocycles. The predicted octanol–water partition coefficient (Wildman–Crippen LogP) is 5.89. The van der Waals surface area contributed by atoms with Crippen LogP contribution in [0, 0.1) is 0 Å². The topological polar surface area (TPSA) is 17.1 Å². The third kappa shape index (κ3) is 9.23. The number of aryl methyl sites for hydroxylation is 1. The van der Waals surface area contributed by atoms with E-state index in [2.05, 4.69) is 26.0 Å². The predicted molar refractivity (Wildman–Crippen MR) is 91.5 cm³/mol. The van der Waals surface area contributed by atoms with Gasteiger partial charge in [0.15, 0.2) is 5.78 Å². The van der Waals surface area contributed by atoms with Crippen molar-refractivity contribution in [3.05, 3.63) is 47.5 Å². The zero-order chi connectivity index (χ0) is 15.3. The summed E-state index contributed by atoms with van der Waals surface area (Å²) in [5.74, 6) is 0.266. The van der Waals surface area contributed by atoms with E-state index in [0.717, 1.165) is 12.8 Å². The van der Waals surface area contributed by atoms with Gasteiger partial charge in [-0.3, -0.25) is 4.79 Å². The molecule has 0 N–H and O–H groups in total. The van der Waals surface area contributed by atoms with E-state index in [0.29, 0.717) is 6.42 Å². The van der Waals surface area contributed by atoms with Crippen LogP contribution in [0.2, 0.25) is 0 Å². The average Bonchev–Trinajstić information content (AvgIpc) is 2.50. The molecule has 0 saturated heterocycles. The first-order valence-corrected chi connectivity index (χ1v) is 8.46. The van der Waals surface area contributed by atoms with E-state index in [1.54, 1.807) is 0 Å². The average molecular weight is 286 g/mol. The van der Waals surface area contributed by atoms with Crippen molar-refractivity contribution in [3.63, 3.8) is 0 Å². The number of hydrogen-bond acceptors (Lipinski definition) is 1. The minimum Gasteiger partial charge on any atom is -0.295 e. The highest BCUT2D eigenvalue weighted by atomic mass is 16.1. The lowest BCUT2D eigenvalue weighted by Crippen LogP contribution is -1.97. The van der Waals surface area contributed by atoms with Gasteiger partial charge in [-0.25, -0.2) is 0 Å². The Bertz CT molecular complexity index is 417. The fourth-order valence-electron chi connectivity index (χ4n) is 2.52. The molecular formula is C20H30O. The highest BCUT2D eigenvalue weighted by Gasteiger charge is 2.01. The molecule has 0 fully saturated rings. The van der Waals surface area contributed by atoms with E-state index in [-0.39, 0.29) is 5.78 Å². The van der Waals surface area contributed by atoms with E-state index >= 15 is 0 Å².